The van der Waals surface area contributed by atoms with E-state index < -0.39 is 0 Å². The van der Waals surface area contributed by atoms with Gasteiger partial charge in [-0.1, -0.05) is 60.1 Å². The standard InChI is InChI=1S/C25H18Br2ClNO/c1-16-9-10-20(28)13-24(16)29-14-17-11-22(26)25(23(27)12-17)30-15-19-7-4-6-18-5-2-3-8-21(18)19/h2-14H,15H2,1H3. The number of benzene rings is 4. The molecule has 0 fully saturated rings. The van der Waals surface area contributed by atoms with Gasteiger partial charge in [-0.25, -0.2) is 0 Å². The molecule has 0 amide bonds. The molecule has 0 aliphatic carbocycles. The summed E-state index contributed by atoms with van der Waals surface area (Å²) in [4.78, 5) is 4.58. The SMILES string of the molecule is Cc1ccc(Cl)cc1N=Cc1cc(Br)c(OCc2cccc3ccccc23)c(Br)c1. The lowest BCUT2D eigenvalue weighted by Gasteiger charge is -2.13. The van der Waals surface area contributed by atoms with Gasteiger partial charge in [-0.2, -0.15) is 0 Å². The lowest BCUT2D eigenvalue weighted by atomic mass is 10.1. The fourth-order valence-corrected chi connectivity index (χ4v) is 4.84. The van der Waals surface area contributed by atoms with Gasteiger partial charge in [0.2, 0.25) is 0 Å². The Balaban J connectivity index is 1.55. The molecule has 150 valence electrons. The van der Waals surface area contributed by atoms with Gasteiger partial charge >= 0.3 is 0 Å². The van der Waals surface area contributed by atoms with E-state index in [0.29, 0.717) is 11.6 Å². The highest BCUT2D eigenvalue weighted by Gasteiger charge is 2.10. The van der Waals surface area contributed by atoms with E-state index in [2.05, 4.69) is 67.2 Å². The van der Waals surface area contributed by atoms with Crippen LogP contribution >= 0.6 is 43.5 Å². The van der Waals surface area contributed by atoms with Crippen LogP contribution in [0.25, 0.3) is 10.8 Å². The third-order valence-electron chi connectivity index (χ3n) is 4.80. The summed E-state index contributed by atoms with van der Waals surface area (Å²) in [6.07, 6.45) is 1.82. The molecule has 4 rings (SSSR count). The summed E-state index contributed by atoms with van der Waals surface area (Å²) in [6, 6.07) is 24.3. The second kappa shape index (κ2) is 9.34. The minimum Gasteiger partial charge on any atom is -0.487 e. The van der Waals surface area contributed by atoms with Crippen LogP contribution in [0, 0.1) is 6.92 Å². The summed E-state index contributed by atoms with van der Waals surface area (Å²) in [5.41, 5.74) is 4.02. The van der Waals surface area contributed by atoms with Crippen LogP contribution in [0.5, 0.6) is 5.75 Å². The van der Waals surface area contributed by atoms with E-state index in [1.54, 1.807) is 0 Å². The van der Waals surface area contributed by atoms with Gasteiger partial charge in [0.05, 0.1) is 14.6 Å². The summed E-state index contributed by atoms with van der Waals surface area (Å²) in [7, 11) is 0. The van der Waals surface area contributed by atoms with Crippen LogP contribution in [0.2, 0.25) is 5.02 Å². The number of fused-ring (bicyclic) bond motifs is 1. The van der Waals surface area contributed by atoms with Crippen LogP contribution in [-0.2, 0) is 6.61 Å². The lowest BCUT2D eigenvalue weighted by molar-refractivity contribution is 0.303. The number of aliphatic imine (C=N–C) groups is 1. The van der Waals surface area contributed by atoms with E-state index in [4.69, 9.17) is 16.3 Å². The van der Waals surface area contributed by atoms with Crippen molar-refractivity contribution in [3.63, 3.8) is 0 Å². The number of nitrogens with zero attached hydrogens (tertiary/aromatic N) is 1. The Hall–Kier alpha value is -2.14. The van der Waals surface area contributed by atoms with Crippen molar-refractivity contribution >= 4 is 66.1 Å². The van der Waals surface area contributed by atoms with Gasteiger partial charge in [0.1, 0.15) is 12.4 Å². The van der Waals surface area contributed by atoms with Crippen molar-refractivity contribution < 1.29 is 4.74 Å². The van der Waals surface area contributed by atoms with Gasteiger partial charge in [0.25, 0.3) is 0 Å². The van der Waals surface area contributed by atoms with Gasteiger partial charge in [0, 0.05) is 11.2 Å². The Kier molecular flexibility index (Phi) is 6.57. The smallest absolute Gasteiger partial charge is 0.148 e. The molecule has 0 heterocycles. The highest BCUT2D eigenvalue weighted by Crippen LogP contribution is 2.35. The Bertz CT molecular complexity index is 1220. The number of aryl methyl sites for hydroxylation is 1. The maximum Gasteiger partial charge on any atom is 0.148 e. The van der Waals surface area contributed by atoms with Gasteiger partial charge in [0.15, 0.2) is 0 Å². The van der Waals surface area contributed by atoms with Crippen molar-refractivity contribution in [2.24, 2.45) is 4.99 Å². The van der Waals surface area contributed by atoms with Gasteiger partial charge < -0.3 is 4.74 Å². The minimum atomic E-state index is 0.480. The summed E-state index contributed by atoms with van der Waals surface area (Å²) in [5, 5.41) is 3.08. The van der Waals surface area contributed by atoms with E-state index in [-0.39, 0.29) is 0 Å². The van der Waals surface area contributed by atoms with Gasteiger partial charge in [-0.3, -0.25) is 4.99 Å². The number of hydrogen-bond acceptors (Lipinski definition) is 2. The molecule has 0 saturated heterocycles. The average Bonchev–Trinajstić information content (AvgIpc) is 2.74. The van der Waals surface area contributed by atoms with Crippen LogP contribution < -0.4 is 4.74 Å². The predicted octanol–water partition coefficient (Wildman–Crippen LogP) is 8.66. The van der Waals surface area contributed by atoms with Crippen LogP contribution in [0.15, 0.2) is 86.7 Å². The molecule has 0 aliphatic heterocycles. The summed E-state index contributed by atoms with van der Waals surface area (Å²) >= 11 is 13.4. The topological polar surface area (TPSA) is 21.6 Å². The van der Waals surface area contributed by atoms with Crippen LogP contribution in [0.4, 0.5) is 5.69 Å². The number of rotatable bonds is 5. The Morgan fingerprint density at radius 3 is 2.47 bits per heavy atom. The molecule has 0 unspecified atom stereocenters. The maximum absolute atomic E-state index is 6.16. The molecule has 0 saturated carbocycles. The predicted molar refractivity (Wildman–Crippen MR) is 134 cm³/mol. The van der Waals surface area contributed by atoms with Crippen molar-refractivity contribution in [2.75, 3.05) is 0 Å². The molecular weight excluding hydrogens is 526 g/mol. The average molecular weight is 544 g/mol. The fraction of sp³-hybridized carbons (Fsp3) is 0.0800. The number of hydrogen-bond donors (Lipinski definition) is 0. The van der Waals surface area contributed by atoms with E-state index >= 15 is 0 Å². The number of halogens is 3. The van der Waals surface area contributed by atoms with E-state index in [9.17, 15) is 0 Å². The normalized spacial score (nSPS) is 11.3. The molecule has 30 heavy (non-hydrogen) atoms. The zero-order chi connectivity index (χ0) is 21.1. The Labute approximate surface area is 197 Å². The summed E-state index contributed by atoms with van der Waals surface area (Å²) in [5.74, 6) is 0.763. The third kappa shape index (κ3) is 4.77. The monoisotopic (exact) mass is 541 g/mol. The van der Waals surface area contributed by atoms with Crippen molar-refractivity contribution in [2.45, 2.75) is 13.5 Å². The quantitative estimate of drug-likeness (QED) is 0.231. The van der Waals surface area contributed by atoms with E-state index in [0.717, 1.165) is 37.1 Å². The second-order valence-corrected chi connectivity index (χ2v) is 9.07. The third-order valence-corrected chi connectivity index (χ3v) is 6.21. The first kappa shape index (κ1) is 21.1. The minimum absolute atomic E-state index is 0.480. The van der Waals surface area contributed by atoms with Crippen LogP contribution in [0.3, 0.4) is 0 Å². The summed E-state index contributed by atoms with van der Waals surface area (Å²) in [6.45, 7) is 2.49. The molecule has 0 bridgehead atoms. The molecule has 0 radical (unpaired) electrons. The molecule has 0 aliphatic rings. The molecule has 0 N–H and O–H groups in total. The molecule has 0 atom stereocenters. The molecule has 0 aromatic heterocycles. The molecular formula is C25H18Br2ClNO. The molecule has 4 aromatic carbocycles. The Morgan fingerprint density at radius 1 is 0.933 bits per heavy atom. The lowest BCUT2D eigenvalue weighted by Crippen LogP contribution is -1.98. The molecule has 2 nitrogen and oxygen atoms in total. The van der Waals surface area contributed by atoms with E-state index in [1.807, 2.05) is 55.6 Å². The first-order chi connectivity index (χ1) is 14.5. The highest BCUT2D eigenvalue weighted by atomic mass is 79.9. The van der Waals surface area contributed by atoms with Gasteiger partial charge in [-0.15, -0.1) is 0 Å². The van der Waals surface area contributed by atoms with Crippen LogP contribution in [0.1, 0.15) is 16.7 Å². The zero-order valence-electron chi connectivity index (χ0n) is 16.2. The van der Waals surface area contributed by atoms with Crippen molar-refractivity contribution in [3.8, 4) is 5.75 Å². The number of ether oxygens (including phenoxy) is 1. The first-order valence-corrected chi connectivity index (χ1v) is 11.4. The largest absolute Gasteiger partial charge is 0.487 e. The molecule has 4 aromatic rings. The highest BCUT2D eigenvalue weighted by molar-refractivity contribution is 9.11. The fourth-order valence-electron chi connectivity index (χ4n) is 3.23. The first-order valence-electron chi connectivity index (χ1n) is 9.40. The second-order valence-electron chi connectivity index (χ2n) is 6.93. The summed E-state index contributed by atoms with van der Waals surface area (Å²) < 4.78 is 7.88. The van der Waals surface area contributed by atoms with E-state index in [1.165, 1.54) is 10.8 Å². The maximum atomic E-state index is 6.16. The van der Waals surface area contributed by atoms with Crippen molar-refractivity contribution in [1.29, 1.82) is 0 Å². The zero-order valence-corrected chi connectivity index (χ0v) is 20.1. The molecule has 5 heteroatoms. The Morgan fingerprint density at radius 2 is 1.67 bits per heavy atom. The van der Waals surface area contributed by atoms with Crippen molar-refractivity contribution in [1.82, 2.24) is 0 Å². The van der Waals surface area contributed by atoms with Gasteiger partial charge in [-0.05, 0) is 90.5 Å². The van der Waals surface area contributed by atoms with Crippen molar-refractivity contribution in [3.05, 3.63) is 103 Å². The molecule has 0 spiro atoms. The van der Waals surface area contributed by atoms with Crippen LogP contribution in [-0.4, -0.2) is 6.21 Å².